The number of carbonyl (C=O) groups is 2. The molecule has 33 heavy (non-hydrogen) atoms. The van der Waals surface area contributed by atoms with Gasteiger partial charge >= 0.3 is 0 Å². The Morgan fingerprint density at radius 2 is 1.67 bits per heavy atom. The third-order valence-corrected chi connectivity index (χ3v) is 7.21. The Morgan fingerprint density at radius 1 is 0.970 bits per heavy atom. The maximum atomic E-state index is 12.7. The number of fused-ring (bicyclic) bond motifs is 1. The fourth-order valence-corrected chi connectivity index (χ4v) is 5.55. The van der Waals surface area contributed by atoms with Crippen LogP contribution in [0.15, 0.2) is 53.6 Å². The zero-order valence-electron chi connectivity index (χ0n) is 19.6. The number of benzene rings is 2. The van der Waals surface area contributed by atoms with Crippen molar-refractivity contribution in [2.75, 3.05) is 25.4 Å². The Morgan fingerprint density at radius 3 is 2.39 bits per heavy atom. The van der Waals surface area contributed by atoms with Gasteiger partial charge in [0.25, 0.3) is 5.91 Å². The Bertz CT molecular complexity index is 1110. The summed E-state index contributed by atoms with van der Waals surface area (Å²) in [5, 5.41) is 4.21. The lowest BCUT2D eigenvalue weighted by atomic mass is 10.1. The molecule has 174 valence electrons. The summed E-state index contributed by atoms with van der Waals surface area (Å²) in [6.07, 6.45) is 6.80. The van der Waals surface area contributed by atoms with E-state index in [0.717, 1.165) is 52.9 Å². The molecule has 1 N–H and O–H groups in total. The number of hydrogen-bond donors (Lipinski definition) is 1. The van der Waals surface area contributed by atoms with Crippen molar-refractivity contribution < 1.29 is 9.59 Å². The van der Waals surface area contributed by atoms with E-state index in [-0.39, 0.29) is 11.8 Å². The summed E-state index contributed by atoms with van der Waals surface area (Å²) in [7, 11) is 0. The average molecular weight is 464 g/mol. The molecule has 1 aromatic heterocycles. The lowest BCUT2D eigenvalue weighted by molar-refractivity contribution is -0.128. The number of aromatic nitrogens is 1. The first-order valence-corrected chi connectivity index (χ1v) is 12.8. The van der Waals surface area contributed by atoms with Crippen molar-refractivity contribution in [3.63, 3.8) is 0 Å². The number of nitrogens with zero attached hydrogens (tertiary/aromatic N) is 2. The van der Waals surface area contributed by atoms with Crippen LogP contribution < -0.4 is 5.32 Å². The average Bonchev–Trinajstić information content (AvgIpc) is 2.96. The van der Waals surface area contributed by atoms with E-state index in [4.69, 9.17) is 0 Å². The molecule has 0 radical (unpaired) electrons. The van der Waals surface area contributed by atoms with E-state index in [1.165, 1.54) is 12.8 Å². The number of aryl methyl sites for hydroxylation is 2. The number of carbonyl (C=O) groups excluding carboxylic acids is 2. The fraction of sp³-hybridized carbons (Fsp3) is 0.407. The largest absolute Gasteiger partial charge is 0.350 e. The van der Waals surface area contributed by atoms with E-state index in [2.05, 4.69) is 34.3 Å². The van der Waals surface area contributed by atoms with Gasteiger partial charge in [0.05, 0.1) is 5.75 Å². The van der Waals surface area contributed by atoms with E-state index in [9.17, 15) is 9.59 Å². The SMILES string of the molecule is Cc1cc(C)cc(C(=O)NCCn2cc(SCC(=O)N3CCCCCC3)c3ccccc32)c1. The first-order chi connectivity index (χ1) is 16.0. The Labute approximate surface area is 200 Å². The van der Waals surface area contributed by atoms with Gasteiger partial charge in [-0.25, -0.2) is 0 Å². The molecular weight excluding hydrogens is 430 g/mol. The molecule has 4 rings (SSSR count). The highest BCUT2D eigenvalue weighted by Crippen LogP contribution is 2.30. The maximum absolute atomic E-state index is 12.7. The molecule has 0 aliphatic carbocycles. The van der Waals surface area contributed by atoms with E-state index in [1.54, 1.807) is 11.8 Å². The lowest BCUT2D eigenvalue weighted by Crippen LogP contribution is -2.33. The van der Waals surface area contributed by atoms with Crippen LogP contribution in [0.25, 0.3) is 10.9 Å². The molecule has 1 fully saturated rings. The molecule has 6 heteroatoms. The molecule has 2 heterocycles. The molecule has 5 nitrogen and oxygen atoms in total. The van der Waals surface area contributed by atoms with E-state index in [1.807, 2.05) is 43.0 Å². The number of likely N-dealkylation sites (tertiary alicyclic amines) is 1. The summed E-state index contributed by atoms with van der Waals surface area (Å²) >= 11 is 1.62. The smallest absolute Gasteiger partial charge is 0.251 e. The first kappa shape index (κ1) is 23.4. The maximum Gasteiger partial charge on any atom is 0.251 e. The van der Waals surface area contributed by atoms with E-state index >= 15 is 0 Å². The highest BCUT2D eigenvalue weighted by atomic mass is 32.2. The van der Waals surface area contributed by atoms with Crippen molar-refractivity contribution in [3.8, 4) is 0 Å². The molecular formula is C27H33N3O2S. The summed E-state index contributed by atoms with van der Waals surface area (Å²) in [4.78, 5) is 28.5. The van der Waals surface area contributed by atoms with Crippen LogP contribution in [0.5, 0.6) is 0 Å². The standard InChI is InChI=1S/C27H33N3O2S/c1-20-15-21(2)17-22(16-20)27(32)28-11-14-30-18-25(23-9-5-6-10-24(23)30)33-19-26(31)29-12-7-3-4-8-13-29/h5-6,9-10,15-18H,3-4,7-8,11-14,19H2,1-2H3,(H,28,32). The number of hydrogen-bond acceptors (Lipinski definition) is 3. The van der Waals surface area contributed by atoms with Crippen LogP contribution in [-0.4, -0.2) is 46.7 Å². The minimum absolute atomic E-state index is 0.0455. The number of para-hydroxylation sites is 1. The van der Waals surface area contributed by atoms with Crippen molar-refractivity contribution in [1.82, 2.24) is 14.8 Å². The predicted octanol–water partition coefficient (Wildman–Crippen LogP) is 5.18. The minimum atomic E-state index is -0.0455. The van der Waals surface area contributed by atoms with Gasteiger partial charge in [-0.2, -0.15) is 0 Å². The highest BCUT2D eigenvalue weighted by Gasteiger charge is 2.17. The van der Waals surface area contributed by atoms with Gasteiger partial charge < -0.3 is 14.8 Å². The minimum Gasteiger partial charge on any atom is -0.350 e. The Hall–Kier alpha value is -2.73. The van der Waals surface area contributed by atoms with E-state index < -0.39 is 0 Å². The second-order valence-corrected chi connectivity index (χ2v) is 9.94. The van der Waals surface area contributed by atoms with Gasteiger partial charge in [-0.05, 0) is 44.9 Å². The van der Waals surface area contributed by atoms with Gasteiger partial charge in [0, 0.05) is 53.7 Å². The van der Waals surface area contributed by atoms with Crippen LogP contribution in [0.3, 0.4) is 0 Å². The molecule has 0 saturated carbocycles. The van der Waals surface area contributed by atoms with Gasteiger partial charge in [0.15, 0.2) is 0 Å². The molecule has 0 unspecified atom stereocenters. The lowest BCUT2D eigenvalue weighted by Gasteiger charge is -2.19. The first-order valence-electron chi connectivity index (χ1n) is 11.9. The normalized spacial score (nSPS) is 14.3. The summed E-state index contributed by atoms with van der Waals surface area (Å²) in [6.45, 7) is 7.01. The summed E-state index contributed by atoms with van der Waals surface area (Å²) in [6, 6.07) is 14.2. The van der Waals surface area contributed by atoms with Crippen LogP contribution >= 0.6 is 11.8 Å². The van der Waals surface area contributed by atoms with Crippen molar-refractivity contribution in [1.29, 1.82) is 0 Å². The van der Waals surface area contributed by atoms with Crippen LogP contribution in [0.1, 0.15) is 47.2 Å². The van der Waals surface area contributed by atoms with Crippen molar-refractivity contribution >= 4 is 34.5 Å². The zero-order valence-corrected chi connectivity index (χ0v) is 20.4. The topological polar surface area (TPSA) is 54.3 Å². The summed E-state index contributed by atoms with van der Waals surface area (Å²) in [5.41, 5.74) is 4.01. The zero-order chi connectivity index (χ0) is 23.2. The van der Waals surface area contributed by atoms with Crippen LogP contribution in [0.4, 0.5) is 0 Å². The molecule has 0 bridgehead atoms. The quantitative estimate of drug-likeness (QED) is 0.491. The number of thioether (sulfide) groups is 1. The van der Waals surface area contributed by atoms with Crippen molar-refractivity contribution in [3.05, 3.63) is 65.4 Å². The molecule has 0 spiro atoms. The summed E-state index contributed by atoms with van der Waals surface area (Å²) in [5.74, 6) is 0.660. The van der Waals surface area contributed by atoms with Crippen LogP contribution in [-0.2, 0) is 11.3 Å². The molecule has 3 aromatic rings. The Kier molecular flexibility index (Phi) is 7.76. The highest BCUT2D eigenvalue weighted by molar-refractivity contribution is 8.00. The van der Waals surface area contributed by atoms with Gasteiger partial charge in [-0.3, -0.25) is 9.59 Å². The van der Waals surface area contributed by atoms with Crippen LogP contribution in [0.2, 0.25) is 0 Å². The summed E-state index contributed by atoms with van der Waals surface area (Å²) < 4.78 is 2.18. The molecule has 1 saturated heterocycles. The predicted molar refractivity (Wildman–Crippen MR) is 136 cm³/mol. The Balaban J connectivity index is 1.39. The van der Waals surface area contributed by atoms with E-state index in [0.29, 0.717) is 24.4 Å². The molecule has 1 aliphatic heterocycles. The van der Waals surface area contributed by atoms with Gasteiger partial charge in [0.2, 0.25) is 5.91 Å². The molecule has 1 aliphatic rings. The second kappa shape index (κ2) is 10.9. The third-order valence-electron chi connectivity index (χ3n) is 6.18. The fourth-order valence-electron chi connectivity index (χ4n) is 4.56. The van der Waals surface area contributed by atoms with Crippen molar-refractivity contribution in [2.24, 2.45) is 0 Å². The van der Waals surface area contributed by atoms with Crippen LogP contribution in [0, 0.1) is 13.8 Å². The number of nitrogens with one attached hydrogen (secondary N) is 1. The molecule has 0 atom stereocenters. The molecule has 2 amide bonds. The van der Waals surface area contributed by atoms with Gasteiger partial charge in [-0.1, -0.05) is 48.2 Å². The number of amides is 2. The van der Waals surface area contributed by atoms with Gasteiger partial charge in [-0.15, -0.1) is 11.8 Å². The second-order valence-electron chi connectivity index (χ2n) is 8.92. The monoisotopic (exact) mass is 463 g/mol. The van der Waals surface area contributed by atoms with Crippen molar-refractivity contribution in [2.45, 2.75) is 51.0 Å². The third kappa shape index (κ3) is 5.99. The van der Waals surface area contributed by atoms with Gasteiger partial charge in [0.1, 0.15) is 0 Å². The number of rotatable bonds is 7. The molecule has 2 aromatic carbocycles.